The fourth-order valence-electron chi connectivity index (χ4n) is 7.03. The Labute approximate surface area is 225 Å². The molecule has 2 heterocycles. The third-order valence-electron chi connectivity index (χ3n) is 8.78. The van der Waals surface area contributed by atoms with Gasteiger partial charge in [-0.1, -0.05) is 60.7 Å². The van der Waals surface area contributed by atoms with Crippen LogP contribution in [0.25, 0.3) is 0 Å². The summed E-state index contributed by atoms with van der Waals surface area (Å²) in [5.74, 6) is -1.14. The first-order chi connectivity index (χ1) is 18.9. The highest BCUT2D eigenvalue weighted by Gasteiger charge is 2.58. The second-order valence-corrected chi connectivity index (χ2v) is 10.9. The van der Waals surface area contributed by atoms with Crippen molar-refractivity contribution in [3.8, 4) is 5.75 Å². The van der Waals surface area contributed by atoms with Gasteiger partial charge in [-0.2, -0.15) is 0 Å². The molecular formula is C32H28FN3O3. The molecule has 1 amide bonds. The molecular weight excluding hydrogens is 493 g/mol. The average molecular weight is 522 g/mol. The second-order valence-electron chi connectivity index (χ2n) is 10.9. The van der Waals surface area contributed by atoms with E-state index in [1.807, 2.05) is 48.5 Å². The van der Waals surface area contributed by atoms with Crippen LogP contribution in [0.1, 0.15) is 43.9 Å². The first-order valence-corrected chi connectivity index (χ1v) is 13.3. The van der Waals surface area contributed by atoms with Gasteiger partial charge in [0.1, 0.15) is 18.0 Å². The standard InChI is InChI=1S/C32H28FN3O3/c1-20-15-23-17-24-16-22-9-5-6-10-25(22)32(24,26(23)18-27(20)33)36-19-34(13-11-21-7-3-2-4-8-21)31(39)29-30(38)28(37)12-14-35(29)36/h2-10,12,14-15,18,24,38H,11,13,16-17,19H2,1H3. The van der Waals surface area contributed by atoms with Crippen molar-refractivity contribution in [3.63, 3.8) is 0 Å². The number of halogens is 1. The normalized spacial score (nSPS) is 21.0. The van der Waals surface area contributed by atoms with Crippen LogP contribution in [0.15, 0.2) is 83.8 Å². The van der Waals surface area contributed by atoms with Gasteiger partial charge in [-0.3, -0.25) is 19.3 Å². The van der Waals surface area contributed by atoms with E-state index in [1.54, 1.807) is 28.8 Å². The second kappa shape index (κ2) is 8.56. The molecule has 0 saturated carbocycles. The summed E-state index contributed by atoms with van der Waals surface area (Å²) in [7, 11) is 0. The summed E-state index contributed by atoms with van der Waals surface area (Å²) in [5.41, 5.74) is 4.49. The Morgan fingerprint density at radius 2 is 1.69 bits per heavy atom. The quantitative estimate of drug-likeness (QED) is 0.436. The molecule has 7 heteroatoms. The van der Waals surface area contributed by atoms with E-state index in [0.717, 1.165) is 35.1 Å². The van der Waals surface area contributed by atoms with E-state index in [-0.39, 0.29) is 24.1 Å². The van der Waals surface area contributed by atoms with Crippen LogP contribution in [-0.2, 0) is 24.8 Å². The SMILES string of the molecule is Cc1cc2c(cc1F)C1(N3CN(CCc4ccccc4)C(=O)c4c(O)c(=O)ccn43)c3ccccc3CC1C2. The largest absolute Gasteiger partial charge is 0.502 e. The highest BCUT2D eigenvalue weighted by atomic mass is 19.1. The molecule has 2 unspecified atom stereocenters. The third-order valence-corrected chi connectivity index (χ3v) is 8.78. The first kappa shape index (κ1) is 23.7. The van der Waals surface area contributed by atoms with Crippen LogP contribution in [0.4, 0.5) is 4.39 Å². The number of nitrogens with zero attached hydrogens (tertiary/aromatic N) is 3. The summed E-state index contributed by atoms with van der Waals surface area (Å²) in [6.07, 6.45) is 3.76. The van der Waals surface area contributed by atoms with Crippen molar-refractivity contribution in [3.05, 3.63) is 134 Å². The van der Waals surface area contributed by atoms with Crippen LogP contribution in [0.2, 0.25) is 0 Å². The van der Waals surface area contributed by atoms with E-state index in [9.17, 15) is 14.7 Å². The highest BCUT2D eigenvalue weighted by Crippen LogP contribution is 2.57. The van der Waals surface area contributed by atoms with Crippen LogP contribution in [0.3, 0.4) is 0 Å². The van der Waals surface area contributed by atoms with Gasteiger partial charge in [-0.25, -0.2) is 4.39 Å². The van der Waals surface area contributed by atoms with Crippen molar-refractivity contribution < 1.29 is 14.3 Å². The Morgan fingerprint density at radius 3 is 2.51 bits per heavy atom. The minimum absolute atomic E-state index is 0.0552. The van der Waals surface area contributed by atoms with Crippen LogP contribution in [0.5, 0.6) is 5.75 Å². The fraction of sp³-hybridized carbons (Fsp3) is 0.250. The molecule has 2 atom stereocenters. The number of rotatable bonds is 4. The lowest BCUT2D eigenvalue weighted by molar-refractivity contribution is 0.0649. The first-order valence-electron chi connectivity index (χ1n) is 13.3. The Balaban J connectivity index is 1.45. The number of fused-ring (bicyclic) bond motifs is 6. The van der Waals surface area contributed by atoms with Crippen molar-refractivity contribution in [1.82, 2.24) is 9.58 Å². The summed E-state index contributed by atoms with van der Waals surface area (Å²) in [6.45, 7) is 2.41. The van der Waals surface area contributed by atoms with Crippen molar-refractivity contribution in [1.29, 1.82) is 0 Å². The number of aromatic nitrogens is 1. The Bertz CT molecular complexity index is 1700. The molecule has 3 aliphatic rings. The van der Waals surface area contributed by atoms with E-state index in [0.29, 0.717) is 18.5 Å². The minimum Gasteiger partial charge on any atom is -0.502 e. The summed E-state index contributed by atoms with van der Waals surface area (Å²) in [5, 5.41) is 13.0. The number of benzene rings is 3. The summed E-state index contributed by atoms with van der Waals surface area (Å²) in [6, 6.07) is 23.0. The Morgan fingerprint density at radius 1 is 0.949 bits per heavy atom. The third kappa shape index (κ3) is 3.32. The lowest BCUT2D eigenvalue weighted by atomic mass is 9.81. The monoisotopic (exact) mass is 521 g/mol. The maximum atomic E-state index is 15.2. The summed E-state index contributed by atoms with van der Waals surface area (Å²) < 4.78 is 16.9. The topological polar surface area (TPSA) is 65.8 Å². The molecule has 1 N–H and O–H groups in total. The average Bonchev–Trinajstić information content (AvgIpc) is 3.42. The van der Waals surface area contributed by atoms with Gasteiger partial charge in [0.2, 0.25) is 5.43 Å². The molecule has 0 saturated heterocycles. The van der Waals surface area contributed by atoms with Crippen LogP contribution < -0.4 is 10.4 Å². The van der Waals surface area contributed by atoms with Gasteiger partial charge in [-0.05, 0) is 65.6 Å². The Hall–Kier alpha value is -4.39. The number of aryl methyl sites for hydroxylation is 1. The summed E-state index contributed by atoms with van der Waals surface area (Å²) >= 11 is 0. The zero-order valence-electron chi connectivity index (χ0n) is 21.6. The number of aromatic hydroxyl groups is 1. The predicted octanol–water partition coefficient (Wildman–Crippen LogP) is 4.27. The van der Waals surface area contributed by atoms with Gasteiger partial charge in [0, 0.05) is 24.7 Å². The highest BCUT2D eigenvalue weighted by molar-refractivity contribution is 5.96. The molecule has 1 aliphatic heterocycles. The zero-order chi connectivity index (χ0) is 26.9. The van der Waals surface area contributed by atoms with Crippen molar-refractivity contribution in [2.24, 2.45) is 5.92 Å². The number of carbonyl (C=O) groups is 1. The minimum atomic E-state index is -0.775. The molecule has 0 radical (unpaired) electrons. The van der Waals surface area contributed by atoms with E-state index < -0.39 is 22.6 Å². The van der Waals surface area contributed by atoms with Crippen molar-refractivity contribution in [2.45, 2.75) is 31.7 Å². The molecule has 0 bridgehead atoms. The molecule has 1 aromatic heterocycles. The molecule has 6 nitrogen and oxygen atoms in total. The van der Waals surface area contributed by atoms with Crippen molar-refractivity contribution >= 4 is 5.91 Å². The maximum absolute atomic E-state index is 15.2. The molecule has 0 spiro atoms. The van der Waals surface area contributed by atoms with Gasteiger partial charge in [0.15, 0.2) is 11.4 Å². The van der Waals surface area contributed by atoms with Gasteiger partial charge >= 0.3 is 0 Å². The lowest BCUT2D eigenvalue weighted by Gasteiger charge is -2.50. The number of amides is 1. The van der Waals surface area contributed by atoms with Crippen LogP contribution in [-0.4, -0.2) is 33.8 Å². The van der Waals surface area contributed by atoms with Crippen LogP contribution >= 0.6 is 0 Å². The Kier molecular flexibility index (Phi) is 5.20. The number of carbonyl (C=O) groups excluding carboxylic acids is 1. The summed E-state index contributed by atoms with van der Waals surface area (Å²) in [4.78, 5) is 28.0. The molecule has 3 aromatic carbocycles. The van der Waals surface area contributed by atoms with Gasteiger partial charge in [0.25, 0.3) is 5.91 Å². The van der Waals surface area contributed by atoms with E-state index in [1.165, 1.54) is 11.6 Å². The van der Waals surface area contributed by atoms with E-state index >= 15 is 4.39 Å². The molecule has 2 aliphatic carbocycles. The molecule has 7 rings (SSSR count). The van der Waals surface area contributed by atoms with Crippen LogP contribution in [0, 0.1) is 18.7 Å². The van der Waals surface area contributed by atoms with E-state index in [2.05, 4.69) is 17.1 Å². The predicted molar refractivity (Wildman–Crippen MR) is 146 cm³/mol. The molecule has 0 fully saturated rings. The maximum Gasteiger partial charge on any atom is 0.277 e. The number of pyridine rings is 1. The fourth-order valence-corrected chi connectivity index (χ4v) is 7.03. The molecule has 196 valence electrons. The van der Waals surface area contributed by atoms with E-state index in [4.69, 9.17) is 0 Å². The van der Waals surface area contributed by atoms with Gasteiger partial charge in [-0.15, -0.1) is 0 Å². The molecule has 39 heavy (non-hydrogen) atoms. The number of hydrogen-bond donors (Lipinski definition) is 1. The van der Waals surface area contributed by atoms with Gasteiger partial charge < -0.3 is 10.0 Å². The number of hydrogen-bond acceptors (Lipinski definition) is 4. The zero-order valence-corrected chi connectivity index (χ0v) is 21.6. The smallest absolute Gasteiger partial charge is 0.277 e. The molecule has 4 aromatic rings. The lowest BCUT2D eigenvalue weighted by Crippen LogP contribution is -2.63. The van der Waals surface area contributed by atoms with Gasteiger partial charge in [0.05, 0.1) is 0 Å². The van der Waals surface area contributed by atoms with Crippen molar-refractivity contribution in [2.75, 3.05) is 18.2 Å².